The molecule has 7 heteroatoms. The van der Waals surface area contributed by atoms with Gasteiger partial charge in [-0.15, -0.1) is 0 Å². The molecule has 0 spiro atoms. The van der Waals surface area contributed by atoms with E-state index in [1.807, 2.05) is 45.9 Å². The molecule has 0 unspecified atom stereocenters. The van der Waals surface area contributed by atoms with E-state index in [1.54, 1.807) is 16.7 Å². The molecule has 0 aliphatic heterocycles. The Hall–Kier alpha value is -3.48. The first kappa shape index (κ1) is 20.8. The zero-order chi connectivity index (χ0) is 22.3. The van der Waals surface area contributed by atoms with Gasteiger partial charge in [0.15, 0.2) is 11.2 Å². The van der Waals surface area contributed by atoms with Crippen molar-refractivity contribution >= 4 is 11.2 Å². The van der Waals surface area contributed by atoms with E-state index in [2.05, 4.69) is 4.98 Å². The van der Waals surface area contributed by atoms with Crippen LogP contribution in [0.25, 0.3) is 16.9 Å². The maximum atomic E-state index is 13.7. The van der Waals surface area contributed by atoms with Crippen molar-refractivity contribution in [3.8, 4) is 5.69 Å². The van der Waals surface area contributed by atoms with Crippen molar-refractivity contribution < 1.29 is 4.39 Å². The average Bonchev–Trinajstić information content (AvgIpc) is 3.10. The number of aryl methyl sites for hydroxylation is 2. The van der Waals surface area contributed by atoms with Crippen LogP contribution in [0, 0.1) is 25.6 Å². The van der Waals surface area contributed by atoms with Crippen LogP contribution in [0.5, 0.6) is 0 Å². The molecule has 2 aromatic heterocycles. The molecule has 0 radical (unpaired) electrons. The number of hydrogen-bond donors (Lipinski definition) is 0. The molecular formula is C24H25FN4O2. The van der Waals surface area contributed by atoms with Gasteiger partial charge in [0.05, 0.1) is 12.0 Å². The van der Waals surface area contributed by atoms with Crippen molar-refractivity contribution in [2.24, 2.45) is 5.92 Å². The highest BCUT2D eigenvalue weighted by atomic mass is 19.1. The van der Waals surface area contributed by atoms with E-state index in [9.17, 15) is 14.0 Å². The lowest BCUT2D eigenvalue weighted by molar-refractivity contribution is 0.488. The minimum absolute atomic E-state index is 0.106. The fourth-order valence-electron chi connectivity index (χ4n) is 3.93. The fourth-order valence-corrected chi connectivity index (χ4v) is 3.93. The van der Waals surface area contributed by atoms with E-state index in [0.717, 1.165) is 11.1 Å². The van der Waals surface area contributed by atoms with Gasteiger partial charge in [-0.3, -0.25) is 9.36 Å². The molecule has 0 fully saturated rings. The number of fused-ring (bicyclic) bond motifs is 1. The predicted molar refractivity (Wildman–Crippen MR) is 119 cm³/mol. The van der Waals surface area contributed by atoms with Gasteiger partial charge in [0.2, 0.25) is 0 Å². The predicted octanol–water partition coefficient (Wildman–Crippen LogP) is 3.81. The van der Waals surface area contributed by atoms with Crippen molar-refractivity contribution in [3.05, 3.63) is 92.1 Å². The molecule has 0 saturated heterocycles. The molecule has 6 nitrogen and oxygen atoms in total. The Morgan fingerprint density at radius 2 is 1.84 bits per heavy atom. The molecular weight excluding hydrogens is 395 g/mol. The fraction of sp³-hybridized carbons (Fsp3) is 0.292. The highest BCUT2D eigenvalue weighted by molar-refractivity contribution is 5.73. The smallest absolute Gasteiger partial charge is 0.320 e. The summed E-state index contributed by atoms with van der Waals surface area (Å²) < 4.78 is 18.1. The third-order valence-corrected chi connectivity index (χ3v) is 5.28. The number of benzene rings is 2. The minimum atomic E-state index is -0.408. The van der Waals surface area contributed by atoms with Crippen LogP contribution in [0.3, 0.4) is 0 Å². The topological polar surface area (TPSA) is 61.8 Å². The normalized spacial score (nSPS) is 11.5. The quantitative estimate of drug-likeness (QED) is 0.493. The zero-order valence-electron chi connectivity index (χ0n) is 18.1. The number of aromatic nitrogens is 4. The second-order valence-corrected chi connectivity index (χ2v) is 8.39. The number of halogens is 1. The van der Waals surface area contributed by atoms with E-state index in [1.165, 1.54) is 27.6 Å². The molecule has 4 aromatic rings. The largest absolute Gasteiger partial charge is 0.337 e. The summed E-state index contributed by atoms with van der Waals surface area (Å²) in [5.41, 5.74) is 3.23. The van der Waals surface area contributed by atoms with E-state index in [0.29, 0.717) is 29.0 Å². The van der Waals surface area contributed by atoms with Crippen LogP contribution < -0.4 is 11.2 Å². The van der Waals surface area contributed by atoms with Crippen molar-refractivity contribution in [2.75, 3.05) is 0 Å². The first-order chi connectivity index (χ1) is 14.8. The van der Waals surface area contributed by atoms with Crippen LogP contribution in [0.1, 0.15) is 30.5 Å². The molecule has 0 atom stereocenters. The van der Waals surface area contributed by atoms with Crippen LogP contribution in [0.15, 0.2) is 58.4 Å². The van der Waals surface area contributed by atoms with Crippen LogP contribution in [-0.2, 0) is 13.1 Å². The molecule has 0 N–H and O–H groups in total. The first-order valence-electron chi connectivity index (χ1n) is 10.3. The standard InChI is InChI=1S/C24H25FN4O2/c1-15(2)12-28-23(30)21-22(26-14-27(21)13-18-6-5-7-19(25)11-18)29(24(28)31)20-9-8-16(3)10-17(20)4/h5-11,14-15H,12-13H2,1-4H3. The van der Waals surface area contributed by atoms with Gasteiger partial charge in [-0.2, -0.15) is 0 Å². The molecule has 4 rings (SSSR count). The van der Waals surface area contributed by atoms with Crippen LogP contribution in [-0.4, -0.2) is 18.7 Å². The molecule has 2 aromatic carbocycles. The van der Waals surface area contributed by atoms with Crippen molar-refractivity contribution in [1.82, 2.24) is 18.7 Å². The lowest BCUT2D eigenvalue weighted by atomic mass is 10.1. The third kappa shape index (κ3) is 3.83. The number of nitrogens with zero attached hydrogens (tertiary/aromatic N) is 4. The Kier molecular flexibility index (Phi) is 5.35. The van der Waals surface area contributed by atoms with Gasteiger partial charge in [-0.1, -0.05) is 43.7 Å². The van der Waals surface area contributed by atoms with E-state index in [4.69, 9.17) is 0 Å². The maximum absolute atomic E-state index is 13.7. The Labute approximate surface area is 179 Å². The van der Waals surface area contributed by atoms with E-state index >= 15 is 0 Å². The highest BCUT2D eigenvalue weighted by Crippen LogP contribution is 2.19. The number of imidazole rings is 1. The van der Waals surface area contributed by atoms with Crippen molar-refractivity contribution in [3.63, 3.8) is 0 Å². The second kappa shape index (κ2) is 7.98. The summed E-state index contributed by atoms with van der Waals surface area (Å²) in [4.78, 5) is 31.2. The Morgan fingerprint density at radius 1 is 1.06 bits per heavy atom. The summed E-state index contributed by atoms with van der Waals surface area (Å²) in [5, 5.41) is 0. The molecule has 2 heterocycles. The van der Waals surface area contributed by atoms with Gasteiger partial charge in [0.1, 0.15) is 5.82 Å². The van der Waals surface area contributed by atoms with Gasteiger partial charge in [-0.05, 0) is 49.1 Å². The van der Waals surface area contributed by atoms with E-state index in [-0.39, 0.29) is 23.8 Å². The molecule has 160 valence electrons. The number of hydrogen-bond acceptors (Lipinski definition) is 3. The van der Waals surface area contributed by atoms with Gasteiger partial charge in [0, 0.05) is 13.1 Å². The highest BCUT2D eigenvalue weighted by Gasteiger charge is 2.20. The third-order valence-electron chi connectivity index (χ3n) is 5.28. The Bertz CT molecular complexity index is 1400. The lowest BCUT2D eigenvalue weighted by Crippen LogP contribution is -2.41. The maximum Gasteiger partial charge on any atom is 0.337 e. The molecule has 0 aliphatic rings. The van der Waals surface area contributed by atoms with Gasteiger partial charge in [-0.25, -0.2) is 18.7 Å². The van der Waals surface area contributed by atoms with Gasteiger partial charge < -0.3 is 4.57 Å². The summed E-state index contributed by atoms with van der Waals surface area (Å²) in [6.45, 7) is 8.41. The summed E-state index contributed by atoms with van der Waals surface area (Å²) in [7, 11) is 0. The summed E-state index contributed by atoms with van der Waals surface area (Å²) in [6, 6.07) is 12.0. The van der Waals surface area contributed by atoms with Gasteiger partial charge >= 0.3 is 5.69 Å². The molecule has 31 heavy (non-hydrogen) atoms. The first-order valence-corrected chi connectivity index (χ1v) is 10.3. The van der Waals surface area contributed by atoms with Crippen LogP contribution in [0.2, 0.25) is 0 Å². The molecule has 0 bridgehead atoms. The molecule has 0 saturated carbocycles. The Balaban J connectivity index is 2.02. The van der Waals surface area contributed by atoms with Crippen molar-refractivity contribution in [1.29, 1.82) is 0 Å². The second-order valence-electron chi connectivity index (χ2n) is 8.39. The van der Waals surface area contributed by atoms with E-state index < -0.39 is 5.69 Å². The van der Waals surface area contributed by atoms with Crippen LogP contribution in [0.4, 0.5) is 4.39 Å². The SMILES string of the molecule is Cc1ccc(-n2c(=O)n(CC(C)C)c(=O)c3c2ncn3Cc2cccc(F)c2)c(C)c1. The van der Waals surface area contributed by atoms with Crippen molar-refractivity contribution in [2.45, 2.75) is 40.8 Å². The molecule has 0 amide bonds. The zero-order valence-corrected chi connectivity index (χ0v) is 18.1. The summed E-state index contributed by atoms with van der Waals surface area (Å²) >= 11 is 0. The average molecular weight is 420 g/mol. The van der Waals surface area contributed by atoms with Crippen LogP contribution >= 0.6 is 0 Å². The van der Waals surface area contributed by atoms with Gasteiger partial charge in [0.25, 0.3) is 5.56 Å². The summed E-state index contributed by atoms with van der Waals surface area (Å²) in [6.07, 6.45) is 1.54. The molecule has 0 aliphatic carbocycles. The Morgan fingerprint density at radius 3 is 2.52 bits per heavy atom. The number of rotatable bonds is 5. The lowest BCUT2D eigenvalue weighted by Gasteiger charge is -2.15. The summed E-state index contributed by atoms with van der Waals surface area (Å²) in [5.74, 6) is -0.235. The minimum Gasteiger partial charge on any atom is -0.320 e. The monoisotopic (exact) mass is 420 g/mol.